The molecule has 0 spiro atoms. The molecule has 2 rings (SSSR count). The van der Waals surface area contributed by atoms with Crippen molar-refractivity contribution in [2.75, 3.05) is 18.8 Å². The maximum atomic E-state index is 12.3. The quantitative estimate of drug-likeness (QED) is 0.838. The van der Waals surface area contributed by atoms with E-state index < -0.39 is 10.0 Å². The number of hydrogen-bond acceptors (Lipinski definition) is 5. The van der Waals surface area contributed by atoms with Gasteiger partial charge < -0.3 is 5.73 Å². The Morgan fingerprint density at radius 2 is 1.59 bits per heavy atom. The standard InChI is InChI=1S/C10H16N4O2S/c11-10-12-7-9(8-13-10)17(15,16)14-5-3-1-2-4-6-14/h7-8H,1-6H2,(H2,11,12,13). The van der Waals surface area contributed by atoms with E-state index in [1.54, 1.807) is 0 Å². The van der Waals surface area contributed by atoms with Crippen LogP contribution in [0.1, 0.15) is 25.7 Å². The number of aromatic nitrogens is 2. The third-order valence-corrected chi connectivity index (χ3v) is 4.70. The van der Waals surface area contributed by atoms with Crippen LogP contribution in [0, 0.1) is 0 Å². The third-order valence-electron chi connectivity index (χ3n) is 2.85. The lowest BCUT2D eigenvalue weighted by molar-refractivity contribution is 0.423. The highest BCUT2D eigenvalue weighted by Gasteiger charge is 2.25. The van der Waals surface area contributed by atoms with Gasteiger partial charge in [-0.2, -0.15) is 4.31 Å². The molecule has 1 fully saturated rings. The average molecular weight is 256 g/mol. The largest absolute Gasteiger partial charge is 0.368 e. The zero-order valence-electron chi connectivity index (χ0n) is 9.54. The summed E-state index contributed by atoms with van der Waals surface area (Å²) in [5.41, 5.74) is 5.34. The van der Waals surface area contributed by atoms with Crippen LogP contribution < -0.4 is 5.73 Å². The van der Waals surface area contributed by atoms with Gasteiger partial charge >= 0.3 is 0 Å². The Labute approximate surface area is 101 Å². The van der Waals surface area contributed by atoms with Crippen molar-refractivity contribution >= 4 is 16.0 Å². The third kappa shape index (κ3) is 2.73. The van der Waals surface area contributed by atoms with Crippen molar-refractivity contribution in [3.05, 3.63) is 12.4 Å². The normalized spacial score (nSPS) is 18.8. The Hall–Kier alpha value is -1.21. The second-order valence-corrected chi connectivity index (χ2v) is 6.03. The van der Waals surface area contributed by atoms with Gasteiger partial charge in [-0.3, -0.25) is 0 Å². The minimum absolute atomic E-state index is 0.0832. The second-order valence-electron chi connectivity index (χ2n) is 4.10. The van der Waals surface area contributed by atoms with Gasteiger partial charge in [0.05, 0.1) is 12.4 Å². The summed E-state index contributed by atoms with van der Waals surface area (Å²) in [5.74, 6) is 0.0832. The van der Waals surface area contributed by atoms with E-state index >= 15 is 0 Å². The molecule has 2 N–H and O–H groups in total. The van der Waals surface area contributed by atoms with Crippen molar-refractivity contribution in [1.82, 2.24) is 14.3 Å². The van der Waals surface area contributed by atoms with Crippen molar-refractivity contribution in [1.29, 1.82) is 0 Å². The highest BCUT2D eigenvalue weighted by atomic mass is 32.2. The SMILES string of the molecule is Nc1ncc(S(=O)(=O)N2CCCCCC2)cn1. The number of nitrogens with two attached hydrogens (primary N) is 1. The number of rotatable bonds is 2. The maximum Gasteiger partial charge on any atom is 0.246 e. The first-order valence-corrected chi connectivity index (χ1v) is 7.12. The van der Waals surface area contributed by atoms with E-state index in [-0.39, 0.29) is 10.8 Å². The van der Waals surface area contributed by atoms with E-state index in [0.717, 1.165) is 25.7 Å². The highest BCUT2D eigenvalue weighted by Crippen LogP contribution is 2.19. The highest BCUT2D eigenvalue weighted by molar-refractivity contribution is 7.89. The Morgan fingerprint density at radius 3 is 2.12 bits per heavy atom. The number of anilines is 1. The van der Waals surface area contributed by atoms with E-state index in [2.05, 4.69) is 9.97 Å². The minimum atomic E-state index is -3.45. The predicted molar refractivity (Wildman–Crippen MR) is 63.7 cm³/mol. The first-order chi connectivity index (χ1) is 8.10. The van der Waals surface area contributed by atoms with Gasteiger partial charge in [0.1, 0.15) is 4.90 Å². The smallest absolute Gasteiger partial charge is 0.246 e. The van der Waals surface area contributed by atoms with Crippen molar-refractivity contribution in [2.45, 2.75) is 30.6 Å². The second kappa shape index (κ2) is 4.97. The lowest BCUT2D eigenvalue weighted by Crippen LogP contribution is -2.32. The van der Waals surface area contributed by atoms with Crippen molar-refractivity contribution in [3.8, 4) is 0 Å². The molecule has 1 aromatic heterocycles. The number of hydrogen-bond donors (Lipinski definition) is 1. The topological polar surface area (TPSA) is 89.2 Å². The molecule has 0 saturated carbocycles. The summed E-state index contributed by atoms with van der Waals surface area (Å²) in [4.78, 5) is 7.57. The van der Waals surface area contributed by atoms with Crippen LogP contribution in [0.2, 0.25) is 0 Å². The Morgan fingerprint density at radius 1 is 1.06 bits per heavy atom. The van der Waals surface area contributed by atoms with Gasteiger partial charge in [0.15, 0.2) is 0 Å². The summed E-state index contributed by atoms with van der Waals surface area (Å²) >= 11 is 0. The number of nitrogen functional groups attached to an aromatic ring is 1. The summed E-state index contributed by atoms with van der Waals surface area (Å²) < 4.78 is 26.0. The fourth-order valence-corrected chi connectivity index (χ4v) is 3.30. The molecule has 0 atom stereocenters. The molecule has 0 bridgehead atoms. The zero-order valence-corrected chi connectivity index (χ0v) is 10.4. The van der Waals surface area contributed by atoms with Gasteiger partial charge in [-0.25, -0.2) is 18.4 Å². The van der Waals surface area contributed by atoms with Crippen LogP contribution in [-0.2, 0) is 10.0 Å². The van der Waals surface area contributed by atoms with Crippen molar-refractivity contribution < 1.29 is 8.42 Å². The lowest BCUT2D eigenvalue weighted by atomic mass is 10.2. The fourth-order valence-electron chi connectivity index (χ4n) is 1.89. The number of nitrogens with zero attached hydrogens (tertiary/aromatic N) is 3. The van der Waals surface area contributed by atoms with Gasteiger partial charge in [-0.15, -0.1) is 0 Å². The van der Waals surface area contributed by atoms with Crippen LogP contribution in [0.25, 0.3) is 0 Å². The summed E-state index contributed by atoms with van der Waals surface area (Å²) in [6.45, 7) is 1.15. The molecule has 94 valence electrons. The molecule has 0 unspecified atom stereocenters. The molecule has 1 aliphatic rings. The predicted octanol–water partition coefficient (Wildman–Crippen LogP) is 0.623. The summed E-state index contributed by atoms with van der Waals surface area (Å²) in [7, 11) is -3.45. The van der Waals surface area contributed by atoms with Crippen LogP contribution in [0.15, 0.2) is 17.3 Å². The van der Waals surface area contributed by atoms with Crippen molar-refractivity contribution in [2.24, 2.45) is 0 Å². The molecular weight excluding hydrogens is 240 g/mol. The molecule has 17 heavy (non-hydrogen) atoms. The zero-order chi connectivity index (χ0) is 12.3. The van der Waals surface area contributed by atoms with E-state index in [9.17, 15) is 8.42 Å². The molecule has 0 aliphatic carbocycles. The summed E-state index contributed by atoms with van der Waals surface area (Å²) in [6, 6.07) is 0. The number of sulfonamides is 1. The molecular formula is C10H16N4O2S. The molecule has 7 heteroatoms. The van der Waals surface area contributed by atoms with Gasteiger partial charge in [-0.1, -0.05) is 12.8 Å². The maximum absolute atomic E-state index is 12.3. The minimum Gasteiger partial charge on any atom is -0.368 e. The van der Waals surface area contributed by atoms with Crippen LogP contribution >= 0.6 is 0 Å². The summed E-state index contributed by atoms with van der Waals surface area (Å²) in [6.07, 6.45) is 6.53. The molecule has 2 heterocycles. The molecule has 1 saturated heterocycles. The molecule has 1 aromatic rings. The van der Waals surface area contributed by atoms with Gasteiger partial charge in [-0.05, 0) is 12.8 Å². The molecule has 0 aromatic carbocycles. The molecule has 0 radical (unpaired) electrons. The van der Waals surface area contributed by atoms with Crippen LogP contribution in [0.4, 0.5) is 5.95 Å². The Kier molecular flexibility index (Phi) is 3.58. The molecule has 1 aliphatic heterocycles. The van der Waals surface area contributed by atoms with Crippen LogP contribution in [-0.4, -0.2) is 35.8 Å². The molecule has 0 amide bonds. The first-order valence-electron chi connectivity index (χ1n) is 5.68. The van der Waals surface area contributed by atoms with Gasteiger partial charge in [0.2, 0.25) is 16.0 Å². The molecule has 6 nitrogen and oxygen atoms in total. The van der Waals surface area contributed by atoms with E-state index in [1.165, 1.54) is 16.7 Å². The summed E-state index contributed by atoms with van der Waals surface area (Å²) in [5, 5.41) is 0. The van der Waals surface area contributed by atoms with Crippen LogP contribution in [0.3, 0.4) is 0 Å². The Bertz CT molecular complexity index is 464. The monoisotopic (exact) mass is 256 g/mol. The van der Waals surface area contributed by atoms with E-state index in [4.69, 9.17) is 5.73 Å². The van der Waals surface area contributed by atoms with Crippen molar-refractivity contribution in [3.63, 3.8) is 0 Å². The van der Waals surface area contributed by atoms with E-state index in [1.807, 2.05) is 0 Å². The van der Waals surface area contributed by atoms with Gasteiger partial charge in [0.25, 0.3) is 0 Å². The van der Waals surface area contributed by atoms with Gasteiger partial charge in [0, 0.05) is 13.1 Å². The first kappa shape index (κ1) is 12.3. The fraction of sp³-hybridized carbons (Fsp3) is 0.600. The average Bonchev–Trinajstić information content (AvgIpc) is 2.58. The van der Waals surface area contributed by atoms with E-state index in [0.29, 0.717) is 13.1 Å². The Balaban J connectivity index is 2.25. The lowest BCUT2D eigenvalue weighted by Gasteiger charge is -2.19. The van der Waals surface area contributed by atoms with Crippen LogP contribution in [0.5, 0.6) is 0 Å².